The maximum atomic E-state index is 12.2. The van der Waals surface area contributed by atoms with Crippen LogP contribution >= 0.6 is 11.6 Å². The number of nitrogens with zero attached hydrogens (tertiary/aromatic N) is 1. The van der Waals surface area contributed by atoms with Crippen LogP contribution < -0.4 is 5.32 Å². The number of benzene rings is 1. The minimum absolute atomic E-state index is 0.0260. The van der Waals surface area contributed by atoms with Crippen LogP contribution in [-0.2, 0) is 4.79 Å². The van der Waals surface area contributed by atoms with Gasteiger partial charge < -0.3 is 15.6 Å². The Hall–Kier alpha value is -1.65. The van der Waals surface area contributed by atoms with E-state index in [2.05, 4.69) is 17.3 Å². The zero-order valence-corrected chi connectivity index (χ0v) is 14.9. The van der Waals surface area contributed by atoms with E-state index in [0.29, 0.717) is 16.4 Å². The van der Waals surface area contributed by atoms with Gasteiger partial charge in [-0.15, -0.1) is 0 Å². The average Bonchev–Trinajstić information content (AvgIpc) is 2.44. The first-order chi connectivity index (χ1) is 10.8. The number of hydrogen-bond donors (Lipinski definition) is 2. The van der Waals surface area contributed by atoms with Gasteiger partial charge in [-0.1, -0.05) is 30.7 Å². The molecule has 0 bridgehead atoms. The van der Waals surface area contributed by atoms with Crippen molar-refractivity contribution in [3.8, 4) is 0 Å². The molecular weight excluding hydrogens is 310 g/mol. The third kappa shape index (κ3) is 4.21. The van der Waals surface area contributed by atoms with E-state index in [0.717, 1.165) is 24.2 Å². The fraction of sp³-hybridized carbons (Fsp3) is 0.444. The molecular formula is C18H24ClN3O. The lowest BCUT2D eigenvalue weighted by Gasteiger charge is -2.38. The Morgan fingerprint density at radius 1 is 1.30 bits per heavy atom. The van der Waals surface area contributed by atoms with Crippen molar-refractivity contribution < 1.29 is 4.79 Å². The third-order valence-corrected chi connectivity index (χ3v) is 4.49. The molecule has 1 atom stereocenters. The molecule has 124 valence electrons. The summed E-state index contributed by atoms with van der Waals surface area (Å²) in [7, 11) is 2.05. The Morgan fingerprint density at radius 2 is 1.87 bits per heavy atom. The van der Waals surface area contributed by atoms with Crippen molar-refractivity contribution in [2.45, 2.75) is 32.7 Å². The minimum Gasteiger partial charge on any atom is -0.377 e. The summed E-state index contributed by atoms with van der Waals surface area (Å²) >= 11 is 5.96. The monoisotopic (exact) mass is 333 g/mol. The molecule has 2 rings (SSSR count). The molecule has 23 heavy (non-hydrogen) atoms. The Kier molecular flexibility index (Phi) is 5.60. The van der Waals surface area contributed by atoms with Crippen molar-refractivity contribution in [2.24, 2.45) is 0 Å². The van der Waals surface area contributed by atoms with Crippen LogP contribution in [0.3, 0.4) is 0 Å². The standard InChI is InChI=1S/C18H24ClN3O/c1-11(14-5-7-15(19)8-6-14)17(12(2)20)18(13(3)23)21-16-9-22(4)10-16/h5-8,11,16,20-21H,9-10H2,1-4H3/b18-17-,20-12?. The predicted molar refractivity (Wildman–Crippen MR) is 95.4 cm³/mol. The molecule has 1 heterocycles. The summed E-state index contributed by atoms with van der Waals surface area (Å²) in [5, 5.41) is 12.2. The number of hydrogen-bond acceptors (Lipinski definition) is 4. The molecule has 0 amide bonds. The van der Waals surface area contributed by atoms with Crippen LogP contribution in [0.2, 0.25) is 5.02 Å². The van der Waals surface area contributed by atoms with Gasteiger partial charge in [0.05, 0.1) is 11.7 Å². The zero-order valence-electron chi connectivity index (χ0n) is 14.1. The summed E-state index contributed by atoms with van der Waals surface area (Å²) < 4.78 is 0. The van der Waals surface area contributed by atoms with E-state index in [1.807, 2.05) is 31.2 Å². The van der Waals surface area contributed by atoms with Crippen LogP contribution in [0.5, 0.6) is 0 Å². The zero-order chi connectivity index (χ0) is 17.1. The Labute approximate surface area is 143 Å². The highest BCUT2D eigenvalue weighted by atomic mass is 35.5. The predicted octanol–water partition coefficient (Wildman–Crippen LogP) is 3.23. The topological polar surface area (TPSA) is 56.2 Å². The van der Waals surface area contributed by atoms with E-state index >= 15 is 0 Å². The Bertz CT molecular complexity index is 630. The molecule has 2 N–H and O–H groups in total. The molecule has 1 aliphatic heterocycles. The largest absolute Gasteiger partial charge is 0.377 e. The molecule has 0 aliphatic carbocycles. The number of carbonyl (C=O) groups is 1. The van der Waals surface area contributed by atoms with E-state index in [1.54, 1.807) is 13.8 Å². The van der Waals surface area contributed by atoms with Gasteiger partial charge in [0.2, 0.25) is 0 Å². The number of allylic oxidation sites excluding steroid dienone is 2. The van der Waals surface area contributed by atoms with Gasteiger partial charge in [0.25, 0.3) is 0 Å². The second-order valence-electron chi connectivity index (χ2n) is 6.31. The lowest BCUT2D eigenvalue weighted by atomic mass is 9.87. The number of rotatable bonds is 6. The maximum Gasteiger partial charge on any atom is 0.175 e. The van der Waals surface area contributed by atoms with Gasteiger partial charge in [-0.2, -0.15) is 0 Å². The molecule has 1 fully saturated rings. The number of likely N-dealkylation sites (tertiary alicyclic amines) is 1. The van der Waals surface area contributed by atoms with E-state index in [4.69, 9.17) is 17.0 Å². The first kappa shape index (κ1) is 17.7. The Balaban J connectivity index is 2.36. The van der Waals surface area contributed by atoms with Crippen molar-refractivity contribution in [1.82, 2.24) is 10.2 Å². The first-order valence-corrected chi connectivity index (χ1v) is 8.18. The molecule has 0 aromatic heterocycles. The van der Waals surface area contributed by atoms with Crippen molar-refractivity contribution in [2.75, 3.05) is 20.1 Å². The molecule has 1 saturated heterocycles. The van der Waals surface area contributed by atoms with Gasteiger partial charge in [0, 0.05) is 42.2 Å². The molecule has 1 aromatic carbocycles. The fourth-order valence-corrected chi connectivity index (χ4v) is 3.14. The summed E-state index contributed by atoms with van der Waals surface area (Å²) in [4.78, 5) is 14.4. The summed E-state index contributed by atoms with van der Waals surface area (Å²) in [6.07, 6.45) is 0. The third-order valence-electron chi connectivity index (χ3n) is 4.24. The average molecular weight is 334 g/mol. The summed E-state index contributed by atoms with van der Waals surface area (Å²) in [5.74, 6) is -0.0732. The SMILES string of the molecule is CC(=N)/C(=C(\NC1CN(C)C1)C(C)=O)C(C)c1ccc(Cl)cc1. The van der Waals surface area contributed by atoms with Gasteiger partial charge >= 0.3 is 0 Å². The van der Waals surface area contributed by atoms with E-state index in [1.165, 1.54) is 0 Å². The normalized spacial score (nSPS) is 18.0. The van der Waals surface area contributed by atoms with Gasteiger partial charge in [-0.05, 0) is 31.7 Å². The second-order valence-corrected chi connectivity index (χ2v) is 6.74. The van der Waals surface area contributed by atoms with E-state index < -0.39 is 0 Å². The maximum absolute atomic E-state index is 12.2. The smallest absolute Gasteiger partial charge is 0.175 e. The van der Waals surface area contributed by atoms with Crippen molar-refractivity contribution in [3.05, 3.63) is 46.1 Å². The molecule has 0 radical (unpaired) electrons. The molecule has 1 aliphatic rings. The highest BCUT2D eigenvalue weighted by Gasteiger charge is 2.28. The lowest BCUT2D eigenvalue weighted by Crippen LogP contribution is -2.56. The van der Waals surface area contributed by atoms with Crippen molar-refractivity contribution in [1.29, 1.82) is 5.41 Å². The van der Waals surface area contributed by atoms with Gasteiger partial charge in [0.15, 0.2) is 5.78 Å². The number of carbonyl (C=O) groups excluding carboxylic acids is 1. The minimum atomic E-state index is -0.0472. The number of halogens is 1. The summed E-state index contributed by atoms with van der Waals surface area (Å²) in [6.45, 7) is 7.14. The van der Waals surface area contributed by atoms with Crippen molar-refractivity contribution >= 4 is 23.1 Å². The fourth-order valence-electron chi connectivity index (χ4n) is 3.01. The number of nitrogens with one attached hydrogen (secondary N) is 2. The first-order valence-electron chi connectivity index (χ1n) is 7.80. The summed E-state index contributed by atoms with van der Waals surface area (Å²) in [6, 6.07) is 7.85. The molecule has 5 heteroatoms. The Morgan fingerprint density at radius 3 is 2.30 bits per heavy atom. The quantitative estimate of drug-likeness (QED) is 0.620. The number of likely N-dealkylation sites (N-methyl/N-ethyl adjacent to an activating group) is 1. The van der Waals surface area contributed by atoms with E-state index in [-0.39, 0.29) is 17.7 Å². The summed E-state index contributed by atoms with van der Waals surface area (Å²) in [5.41, 5.74) is 2.78. The van der Waals surface area contributed by atoms with Crippen LogP contribution in [0.4, 0.5) is 0 Å². The molecule has 4 nitrogen and oxygen atoms in total. The van der Waals surface area contributed by atoms with Crippen LogP contribution in [0.15, 0.2) is 35.5 Å². The lowest BCUT2D eigenvalue weighted by molar-refractivity contribution is -0.114. The van der Waals surface area contributed by atoms with Crippen LogP contribution in [0.1, 0.15) is 32.3 Å². The second kappa shape index (κ2) is 7.28. The van der Waals surface area contributed by atoms with Crippen LogP contribution in [-0.4, -0.2) is 42.6 Å². The van der Waals surface area contributed by atoms with Crippen molar-refractivity contribution in [3.63, 3.8) is 0 Å². The highest BCUT2D eigenvalue weighted by molar-refractivity contribution is 6.30. The number of Topliss-reactive ketones (excluding diaryl/α,β-unsaturated/α-hetero) is 1. The van der Waals surface area contributed by atoms with Gasteiger partial charge in [-0.25, -0.2) is 0 Å². The molecule has 0 spiro atoms. The highest BCUT2D eigenvalue weighted by Crippen LogP contribution is 2.28. The number of ketones is 1. The van der Waals surface area contributed by atoms with E-state index in [9.17, 15) is 4.79 Å². The van der Waals surface area contributed by atoms with Gasteiger partial charge in [-0.3, -0.25) is 4.79 Å². The molecule has 1 unspecified atom stereocenters. The molecule has 1 aromatic rings. The van der Waals surface area contributed by atoms with Crippen LogP contribution in [0.25, 0.3) is 0 Å². The van der Waals surface area contributed by atoms with Crippen LogP contribution in [0, 0.1) is 5.41 Å². The molecule has 0 saturated carbocycles. The van der Waals surface area contributed by atoms with Gasteiger partial charge in [0.1, 0.15) is 0 Å².